The molecule has 1 aromatic heterocycles. The highest BCUT2D eigenvalue weighted by atomic mass is 79.9. The Labute approximate surface area is 156 Å². The van der Waals surface area contributed by atoms with Crippen molar-refractivity contribution >= 4 is 103 Å². The average Bonchev–Trinajstić information content (AvgIpc) is 2.62. The lowest BCUT2D eigenvalue weighted by Gasteiger charge is -2.10. The van der Waals surface area contributed by atoms with Crippen LogP contribution in [0.15, 0.2) is 39.2 Å². The number of halogens is 5. The van der Waals surface area contributed by atoms with Gasteiger partial charge in [-0.15, -0.1) is 11.3 Å². The fourth-order valence-corrected chi connectivity index (χ4v) is 6.59. The molecule has 1 amide bonds. The molecule has 100 valence electrons. The quantitative estimate of drug-likeness (QED) is 0.405. The molecule has 0 fully saturated rings. The van der Waals surface area contributed by atoms with Gasteiger partial charge in [-0.3, -0.25) is 4.79 Å². The van der Waals surface area contributed by atoms with Crippen molar-refractivity contribution in [1.82, 2.24) is 0 Å². The number of amides is 1. The van der Waals surface area contributed by atoms with E-state index in [1.165, 1.54) is 11.3 Å². The van der Waals surface area contributed by atoms with E-state index in [1.807, 2.05) is 12.1 Å². The van der Waals surface area contributed by atoms with E-state index in [9.17, 15) is 4.79 Å². The van der Waals surface area contributed by atoms with Crippen LogP contribution in [0.25, 0.3) is 0 Å². The van der Waals surface area contributed by atoms with Crippen LogP contribution in [-0.4, -0.2) is 5.91 Å². The predicted octanol–water partition coefficient (Wildman–Crippen LogP) is 6.81. The van der Waals surface area contributed by atoms with E-state index < -0.39 is 0 Å². The molecule has 0 atom stereocenters. The summed E-state index contributed by atoms with van der Waals surface area (Å²) >= 11 is 18.4. The summed E-state index contributed by atoms with van der Waals surface area (Å²) in [5.74, 6) is -0.169. The van der Waals surface area contributed by atoms with E-state index in [0.717, 1.165) is 21.0 Å². The first-order valence-corrected chi connectivity index (χ1v) is 9.57. The van der Waals surface area contributed by atoms with Crippen LogP contribution < -0.4 is 5.32 Å². The monoisotopic (exact) mass is 593 g/mol. The van der Waals surface area contributed by atoms with Crippen LogP contribution in [0.4, 0.5) is 5.69 Å². The molecule has 19 heavy (non-hydrogen) atoms. The van der Waals surface area contributed by atoms with Gasteiger partial charge in [0.2, 0.25) is 0 Å². The second-order valence-electron chi connectivity index (χ2n) is 3.44. The van der Waals surface area contributed by atoms with Gasteiger partial charge in [0.1, 0.15) is 0 Å². The number of anilines is 1. The Morgan fingerprint density at radius 3 is 2.05 bits per heavy atom. The molecular formula is C11H4Br5NOS. The third kappa shape index (κ3) is 3.91. The number of nitrogens with one attached hydrogen (secondary N) is 1. The third-order valence-corrected chi connectivity index (χ3v) is 6.19. The van der Waals surface area contributed by atoms with Crippen molar-refractivity contribution in [3.05, 3.63) is 44.8 Å². The summed E-state index contributed by atoms with van der Waals surface area (Å²) in [5.41, 5.74) is 1.29. The van der Waals surface area contributed by atoms with Gasteiger partial charge in [0.25, 0.3) is 5.91 Å². The lowest BCUT2D eigenvalue weighted by molar-refractivity contribution is 0.102. The van der Waals surface area contributed by atoms with E-state index in [2.05, 4.69) is 85.0 Å². The molecule has 0 bridgehead atoms. The predicted molar refractivity (Wildman–Crippen MR) is 97.2 cm³/mol. The Morgan fingerprint density at radius 2 is 1.58 bits per heavy atom. The zero-order valence-electron chi connectivity index (χ0n) is 8.94. The summed E-state index contributed by atoms with van der Waals surface area (Å²) in [5, 5.41) is 2.88. The number of carbonyl (C=O) groups excluding carboxylic acids is 1. The van der Waals surface area contributed by atoms with Crippen LogP contribution in [0.1, 0.15) is 10.4 Å². The molecular weight excluding hydrogens is 594 g/mol. The SMILES string of the molecule is O=C(Nc1c(Br)cc(Br)cc1Br)c1cc(Br)sc1Br. The van der Waals surface area contributed by atoms with E-state index in [4.69, 9.17) is 0 Å². The zero-order chi connectivity index (χ0) is 14.2. The number of hydrogen-bond acceptors (Lipinski definition) is 2. The van der Waals surface area contributed by atoms with Gasteiger partial charge in [-0.05, 0) is 81.9 Å². The van der Waals surface area contributed by atoms with E-state index in [1.54, 1.807) is 6.07 Å². The molecule has 8 heteroatoms. The molecule has 0 saturated heterocycles. The number of rotatable bonds is 2. The zero-order valence-corrected chi connectivity index (χ0v) is 17.7. The molecule has 0 radical (unpaired) electrons. The number of carbonyl (C=O) groups is 1. The van der Waals surface area contributed by atoms with Crippen molar-refractivity contribution < 1.29 is 4.79 Å². The smallest absolute Gasteiger partial charge is 0.257 e. The maximum absolute atomic E-state index is 12.2. The minimum atomic E-state index is -0.169. The fourth-order valence-electron chi connectivity index (χ4n) is 1.34. The highest BCUT2D eigenvalue weighted by molar-refractivity contribution is 9.12. The third-order valence-electron chi connectivity index (χ3n) is 2.15. The van der Waals surface area contributed by atoms with E-state index >= 15 is 0 Å². The van der Waals surface area contributed by atoms with Crippen molar-refractivity contribution in [2.45, 2.75) is 0 Å². The molecule has 2 aromatic rings. The van der Waals surface area contributed by atoms with E-state index in [0.29, 0.717) is 11.3 Å². The molecule has 1 aromatic carbocycles. The highest BCUT2D eigenvalue weighted by Gasteiger charge is 2.16. The Kier molecular flexibility index (Phi) is 5.70. The lowest BCUT2D eigenvalue weighted by Crippen LogP contribution is -2.12. The van der Waals surface area contributed by atoms with Crippen LogP contribution >= 0.6 is 91.0 Å². The molecule has 2 nitrogen and oxygen atoms in total. The minimum Gasteiger partial charge on any atom is -0.320 e. The van der Waals surface area contributed by atoms with Gasteiger partial charge >= 0.3 is 0 Å². The number of hydrogen-bond donors (Lipinski definition) is 1. The summed E-state index contributed by atoms with van der Waals surface area (Å²) in [6.07, 6.45) is 0. The van der Waals surface area contributed by atoms with Gasteiger partial charge < -0.3 is 5.32 Å². The first-order valence-electron chi connectivity index (χ1n) is 4.79. The molecule has 1 heterocycles. The number of benzene rings is 1. The van der Waals surface area contributed by atoms with Gasteiger partial charge in [0, 0.05) is 13.4 Å². The van der Waals surface area contributed by atoms with Crippen LogP contribution in [0.2, 0.25) is 0 Å². The summed E-state index contributed by atoms with van der Waals surface area (Å²) < 4.78 is 4.21. The summed E-state index contributed by atoms with van der Waals surface area (Å²) in [4.78, 5) is 12.2. The van der Waals surface area contributed by atoms with E-state index in [-0.39, 0.29) is 5.91 Å². The highest BCUT2D eigenvalue weighted by Crippen LogP contribution is 2.36. The molecule has 0 saturated carbocycles. The Morgan fingerprint density at radius 1 is 1.00 bits per heavy atom. The lowest BCUT2D eigenvalue weighted by atomic mass is 10.3. The fraction of sp³-hybridized carbons (Fsp3) is 0. The van der Waals surface area contributed by atoms with Gasteiger partial charge in [-0.25, -0.2) is 0 Å². The summed E-state index contributed by atoms with van der Waals surface area (Å²) in [6, 6.07) is 5.53. The molecule has 0 unspecified atom stereocenters. The van der Waals surface area contributed by atoms with Crippen molar-refractivity contribution in [2.24, 2.45) is 0 Å². The normalized spacial score (nSPS) is 10.6. The first kappa shape index (κ1) is 16.2. The van der Waals surface area contributed by atoms with Crippen LogP contribution in [-0.2, 0) is 0 Å². The molecule has 0 aliphatic heterocycles. The first-order chi connectivity index (χ1) is 8.88. The van der Waals surface area contributed by atoms with Gasteiger partial charge in [0.05, 0.1) is 18.8 Å². The second kappa shape index (κ2) is 6.70. The molecule has 0 aliphatic carbocycles. The summed E-state index contributed by atoms with van der Waals surface area (Å²) in [6.45, 7) is 0. The molecule has 0 spiro atoms. The van der Waals surface area contributed by atoms with Crippen LogP contribution in [0.3, 0.4) is 0 Å². The number of thiophene rings is 1. The average molecular weight is 598 g/mol. The Hall–Kier alpha value is 0.790. The minimum absolute atomic E-state index is 0.169. The maximum atomic E-state index is 12.2. The van der Waals surface area contributed by atoms with Gasteiger partial charge in [-0.2, -0.15) is 0 Å². The standard InChI is InChI=1S/C11H4Br5NOS/c12-4-1-6(13)9(7(14)2-4)17-11(18)5-3-8(15)19-10(5)16/h1-3H,(H,17,18). The topological polar surface area (TPSA) is 29.1 Å². The molecule has 0 aliphatic rings. The summed E-state index contributed by atoms with van der Waals surface area (Å²) in [7, 11) is 0. The van der Waals surface area contributed by atoms with Gasteiger partial charge in [0.15, 0.2) is 0 Å². The van der Waals surface area contributed by atoms with Crippen molar-refractivity contribution in [1.29, 1.82) is 0 Å². The van der Waals surface area contributed by atoms with Crippen LogP contribution in [0.5, 0.6) is 0 Å². The Balaban J connectivity index is 2.32. The maximum Gasteiger partial charge on any atom is 0.257 e. The Bertz CT molecular complexity index is 632. The van der Waals surface area contributed by atoms with Crippen molar-refractivity contribution in [2.75, 3.05) is 5.32 Å². The molecule has 1 N–H and O–H groups in total. The largest absolute Gasteiger partial charge is 0.320 e. The second-order valence-corrected chi connectivity index (χ2v) is 9.81. The molecule has 2 rings (SSSR count). The van der Waals surface area contributed by atoms with Crippen LogP contribution in [0, 0.1) is 0 Å². The van der Waals surface area contributed by atoms with Crippen molar-refractivity contribution in [3.8, 4) is 0 Å². The van der Waals surface area contributed by atoms with Crippen molar-refractivity contribution in [3.63, 3.8) is 0 Å². The van der Waals surface area contributed by atoms with Gasteiger partial charge in [-0.1, -0.05) is 15.9 Å².